The average Bonchev–Trinajstić information content (AvgIpc) is 3.57. The molecule has 204 valence electrons. The van der Waals surface area contributed by atoms with Crippen molar-refractivity contribution < 1.29 is 24.2 Å². The van der Waals surface area contributed by atoms with Gasteiger partial charge in [-0.15, -0.1) is 0 Å². The van der Waals surface area contributed by atoms with Gasteiger partial charge in [-0.3, -0.25) is 9.69 Å². The molecule has 0 spiro atoms. The smallest absolute Gasteiger partial charge is 0.315 e. The Kier molecular flexibility index (Phi) is 6.27. The van der Waals surface area contributed by atoms with Crippen molar-refractivity contribution in [3.63, 3.8) is 0 Å². The van der Waals surface area contributed by atoms with Gasteiger partial charge in [0.05, 0.1) is 24.7 Å². The minimum Gasteiger partial charge on any atom is -0.481 e. The van der Waals surface area contributed by atoms with Crippen molar-refractivity contribution in [2.24, 2.45) is 45.8 Å². The molecule has 0 amide bonds. The second-order valence-corrected chi connectivity index (χ2v) is 13.9. The first-order valence-electron chi connectivity index (χ1n) is 14.4. The minimum absolute atomic E-state index is 0.0329. The zero-order chi connectivity index (χ0) is 26.3. The molecule has 6 nitrogen and oxygen atoms in total. The molecule has 1 aliphatic heterocycles. The average molecular weight is 532 g/mol. The number of rotatable bonds is 8. The fourth-order valence-electron chi connectivity index (χ4n) is 10.4. The van der Waals surface area contributed by atoms with Crippen LogP contribution in [-0.4, -0.2) is 60.4 Å². The number of halogens is 1. The fourth-order valence-corrected chi connectivity index (χ4v) is 10.6. The predicted octanol–water partition coefficient (Wildman–Crippen LogP) is 5.26. The largest absolute Gasteiger partial charge is 0.481 e. The van der Waals surface area contributed by atoms with E-state index in [1.807, 2.05) is 0 Å². The van der Waals surface area contributed by atoms with Gasteiger partial charge in [0.15, 0.2) is 6.29 Å². The molecule has 7 heteroatoms. The van der Waals surface area contributed by atoms with Crippen molar-refractivity contribution in [3.05, 3.63) is 23.3 Å². The highest BCUT2D eigenvalue weighted by atomic mass is 35.5. The van der Waals surface area contributed by atoms with E-state index in [0.717, 1.165) is 50.4 Å². The van der Waals surface area contributed by atoms with Crippen molar-refractivity contribution >= 4 is 23.9 Å². The van der Waals surface area contributed by atoms with Gasteiger partial charge < -0.3 is 19.4 Å². The van der Waals surface area contributed by atoms with E-state index in [9.17, 15) is 14.7 Å². The summed E-state index contributed by atoms with van der Waals surface area (Å²) < 4.78 is 13.1. The van der Waals surface area contributed by atoms with Gasteiger partial charge in [-0.25, -0.2) is 0 Å². The van der Waals surface area contributed by atoms with Crippen LogP contribution in [0.25, 0.3) is 0 Å². The van der Waals surface area contributed by atoms with E-state index in [-0.39, 0.29) is 23.9 Å². The number of nitrogens with zero attached hydrogens (tertiary/aromatic N) is 1. The Hall–Kier alpha value is -1.21. The van der Waals surface area contributed by atoms with Gasteiger partial charge in [0.2, 0.25) is 0 Å². The second-order valence-electron chi connectivity index (χ2n) is 13.3. The lowest BCUT2D eigenvalue weighted by molar-refractivity contribution is -0.245. The Balaban J connectivity index is 1.37. The van der Waals surface area contributed by atoms with E-state index in [4.69, 9.17) is 21.1 Å². The van der Waals surface area contributed by atoms with Gasteiger partial charge in [0.25, 0.3) is 0 Å². The van der Waals surface area contributed by atoms with Gasteiger partial charge in [-0.2, -0.15) is 0 Å². The molecule has 1 N–H and O–H groups in total. The summed E-state index contributed by atoms with van der Waals surface area (Å²) in [6, 6.07) is 0.327. The van der Waals surface area contributed by atoms with E-state index in [0.29, 0.717) is 49.0 Å². The first kappa shape index (κ1) is 26.0. The maximum atomic E-state index is 13.6. The highest BCUT2D eigenvalue weighted by molar-refractivity contribution is 6.29. The molecule has 0 aromatic heterocycles. The van der Waals surface area contributed by atoms with Gasteiger partial charge in [-0.05, 0) is 68.1 Å². The Bertz CT molecular complexity index is 1030. The number of carboxylic acids is 1. The number of carbonyl (C=O) groups excluding carboxylic acids is 1. The van der Waals surface area contributed by atoms with E-state index in [1.54, 1.807) is 0 Å². The summed E-state index contributed by atoms with van der Waals surface area (Å²) in [4.78, 5) is 29.1. The fraction of sp³-hybridized carbons (Fsp3) is 0.800. The Morgan fingerprint density at radius 1 is 1.32 bits per heavy atom. The number of hydrogen-bond donors (Lipinski definition) is 1. The number of hydrogen-bond acceptors (Lipinski definition) is 5. The van der Waals surface area contributed by atoms with Crippen molar-refractivity contribution in [1.82, 2.24) is 4.90 Å². The lowest BCUT2D eigenvalue weighted by Crippen LogP contribution is -2.64. The van der Waals surface area contributed by atoms with E-state index in [2.05, 4.69) is 38.3 Å². The summed E-state index contributed by atoms with van der Waals surface area (Å²) in [5.41, 5.74) is -1.75. The predicted molar refractivity (Wildman–Crippen MR) is 141 cm³/mol. The van der Waals surface area contributed by atoms with Crippen molar-refractivity contribution in [2.45, 2.75) is 84.2 Å². The lowest BCUT2D eigenvalue weighted by Gasteiger charge is -2.58. The standard InChI is InChI=1S/C30H42ClNO5/c1-17(2)23-10-20-11-28(15-33)22-9-8-18(3)21(22)12-29(20,30(23,28)27(34)35)16-36-26-14-32(13-19(4)31)24-6-5-7-25(24)37-26/h10,15,17-18,20-22,24-26H,4-9,11-14,16H2,1-3H3,(H,34,35)/t18-,20+,21-,22-,24-,25-,26-,28+,29+,30+/m1/s1. The molecule has 6 rings (SSSR count). The van der Waals surface area contributed by atoms with Crippen LogP contribution in [0, 0.1) is 45.8 Å². The van der Waals surface area contributed by atoms with E-state index < -0.39 is 28.5 Å². The van der Waals surface area contributed by atoms with Gasteiger partial charge in [-0.1, -0.05) is 57.0 Å². The number of morpholine rings is 1. The van der Waals surface area contributed by atoms with Crippen molar-refractivity contribution in [3.8, 4) is 0 Å². The first-order valence-corrected chi connectivity index (χ1v) is 14.8. The van der Waals surface area contributed by atoms with Crippen LogP contribution in [0.15, 0.2) is 23.3 Å². The van der Waals surface area contributed by atoms with Crippen LogP contribution in [0.2, 0.25) is 0 Å². The van der Waals surface area contributed by atoms with Crippen LogP contribution in [0.1, 0.15) is 65.7 Å². The van der Waals surface area contributed by atoms with Crippen LogP contribution < -0.4 is 0 Å². The molecule has 1 heterocycles. The second kappa shape index (κ2) is 8.90. The zero-order valence-corrected chi connectivity index (χ0v) is 23.2. The normalized spacial score (nSPS) is 48.1. The summed E-state index contributed by atoms with van der Waals surface area (Å²) in [7, 11) is 0. The number of allylic oxidation sites excluding steroid dienone is 1. The Labute approximate surface area is 225 Å². The molecule has 0 radical (unpaired) electrons. The van der Waals surface area contributed by atoms with Crippen molar-refractivity contribution in [1.29, 1.82) is 0 Å². The third-order valence-corrected chi connectivity index (χ3v) is 11.7. The molecular formula is C30H42ClNO5. The first-order chi connectivity index (χ1) is 17.6. The molecule has 10 atom stereocenters. The molecule has 4 bridgehead atoms. The summed E-state index contributed by atoms with van der Waals surface area (Å²) in [6.07, 6.45) is 9.61. The number of fused-ring (bicyclic) bond motifs is 3. The Morgan fingerprint density at radius 2 is 2.11 bits per heavy atom. The topological polar surface area (TPSA) is 76.1 Å². The van der Waals surface area contributed by atoms with Crippen LogP contribution in [-0.2, 0) is 19.1 Å². The molecule has 0 unspecified atom stereocenters. The third kappa shape index (κ3) is 3.28. The monoisotopic (exact) mass is 531 g/mol. The summed E-state index contributed by atoms with van der Waals surface area (Å²) in [5.74, 6) is 0.240. The number of carboxylic acid groups (broad SMARTS) is 1. The minimum atomic E-state index is -1.21. The van der Waals surface area contributed by atoms with Crippen LogP contribution in [0.3, 0.4) is 0 Å². The van der Waals surface area contributed by atoms with Crippen molar-refractivity contribution in [2.75, 3.05) is 19.7 Å². The molecule has 1 saturated heterocycles. The van der Waals surface area contributed by atoms with Gasteiger partial charge >= 0.3 is 5.97 Å². The van der Waals surface area contributed by atoms with Crippen LogP contribution in [0.5, 0.6) is 0 Å². The summed E-state index contributed by atoms with van der Waals surface area (Å²) in [6.45, 7) is 11.9. The quantitative estimate of drug-likeness (QED) is 0.340. The molecule has 37 heavy (non-hydrogen) atoms. The molecule has 0 aromatic rings. The van der Waals surface area contributed by atoms with Crippen LogP contribution >= 0.6 is 11.6 Å². The zero-order valence-electron chi connectivity index (χ0n) is 22.5. The number of aldehydes is 1. The number of ether oxygens (including phenoxy) is 2. The number of carbonyl (C=O) groups is 2. The highest BCUT2D eigenvalue weighted by Gasteiger charge is 2.84. The lowest BCUT2D eigenvalue weighted by atomic mass is 9.43. The number of aliphatic carboxylic acids is 1. The summed E-state index contributed by atoms with van der Waals surface area (Å²) in [5, 5.41) is 11.8. The van der Waals surface area contributed by atoms with Gasteiger partial charge in [0.1, 0.15) is 11.7 Å². The van der Waals surface area contributed by atoms with Gasteiger partial charge in [0, 0.05) is 23.0 Å². The highest BCUT2D eigenvalue weighted by Crippen LogP contribution is 2.82. The third-order valence-electron chi connectivity index (χ3n) is 11.6. The maximum absolute atomic E-state index is 13.6. The maximum Gasteiger partial charge on any atom is 0.315 e. The van der Waals surface area contributed by atoms with E-state index >= 15 is 0 Å². The molecule has 0 aromatic carbocycles. The molecule has 5 aliphatic carbocycles. The molecule has 6 aliphatic rings. The SMILES string of the molecule is C=C(Cl)CN1C[C@H](OC[C@@]23C[C@@H]4[C@H](C)CC[C@H]4[C@@]4(C=O)C[C@@H]2C=C(C(C)C)[C@@]34C(=O)O)O[C@@H]2CCC[C@H]21. The van der Waals surface area contributed by atoms with E-state index in [1.165, 1.54) is 0 Å². The molecule has 4 saturated carbocycles. The Morgan fingerprint density at radius 3 is 2.78 bits per heavy atom. The molecule has 5 fully saturated rings. The van der Waals surface area contributed by atoms with Crippen LogP contribution in [0.4, 0.5) is 0 Å². The summed E-state index contributed by atoms with van der Waals surface area (Å²) >= 11 is 6.22. The molecular weight excluding hydrogens is 490 g/mol.